The Kier molecular flexibility index (Phi) is 3.97. The lowest BCUT2D eigenvalue weighted by Crippen LogP contribution is -2.17. The van der Waals surface area contributed by atoms with E-state index in [1.165, 1.54) is 31.6 Å². The van der Waals surface area contributed by atoms with Crippen LogP contribution in [0.5, 0.6) is 0 Å². The maximum absolute atomic E-state index is 4.25. The molecule has 1 heterocycles. The zero-order chi connectivity index (χ0) is 13.6. The van der Waals surface area contributed by atoms with Gasteiger partial charge < -0.3 is 4.90 Å². The number of anilines is 2. The molecule has 3 nitrogen and oxygen atoms in total. The van der Waals surface area contributed by atoms with Crippen LogP contribution in [0.2, 0.25) is 0 Å². The van der Waals surface area contributed by atoms with Gasteiger partial charge in [-0.25, -0.2) is 0 Å². The van der Waals surface area contributed by atoms with Crippen molar-refractivity contribution in [2.24, 2.45) is 5.10 Å². The average molecular weight is 265 g/mol. The number of nitrogens with one attached hydrogen (secondary N) is 1. The summed E-state index contributed by atoms with van der Waals surface area (Å²) < 4.78 is 0. The van der Waals surface area contributed by atoms with Gasteiger partial charge in [-0.15, -0.1) is 0 Å². The van der Waals surface area contributed by atoms with Crippen molar-refractivity contribution in [1.82, 2.24) is 0 Å². The van der Waals surface area contributed by atoms with E-state index in [-0.39, 0.29) is 0 Å². The fourth-order valence-electron chi connectivity index (χ4n) is 2.44. The summed E-state index contributed by atoms with van der Waals surface area (Å²) in [5, 5.41) is 4.25. The molecule has 3 rings (SSSR count). The lowest BCUT2D eigenvalue weighted by Gasteiger charge is -2.17. The van der Waals surface area contributed by atoms with Crippen molar-refractivity contribution in [2.75, 3.05) is 23.4 Å². The Morgan fingerprint density at radius 2 is 1.60 bits per heavy atom. The molecule has 1 aliphatic heterocycles. The van der Waals surface area contributed by atoms with E-state index < -0.39 is 0 Å². The largest absolute Gasteiger partial charge is 0.372 e. The Morgan fingerprint density at radius 3 is 2.30 bits per heavy atom. The van der Waals surface area contributed by atoms with Gasteiger partial charge in [0, 0.05) is 18.8 Å². The minimum Gasteiger partial charge on any atom is -0.372 e. The normalized spacial score (nSPS) is 14.9. The highest BCUT2D eigenvalue weighted by molar-refractivity contribution is 5.81. The molecule has 1 fully saturated rings. The second-order valence-corrected chi connectivity index (χ2v) is 5.02. The highest BCUT2D eigenvalue weighted by atomic mass is 15.3. The van der Waals surface area contributed by atoms with Gasteiger partial charge in [-0.2, -0.15) is 5.10 Å². The van der Waals surface area contributed by atoms with Gasteiger partial charge in [-0.05, 0) is 42.7 Å². The molecular weight excluding hydrogens is 246 g/mol. The fourth-order valence-corrected chi connectivity index (χ4v) is 2.44. The zero-order valence-corrected chi connectivity index (χ0v) is 11.5. The molecule has 2 aromatic carbocycles. The van der Waals surface area contributed by atoms with Crippen molar-refractivity contribution < 1.29 is 0 Å². The third-order valence-electron chi connectivity index (χ3n) is 3.55. The van der Waals surface area contributed by atoms with Gasteiger partial charge in [-0.1, -0.05) is 30.3 Å². The first-order chi connectivity index (χ1) is 9.92. The third kappa shape index (κ3) is 3.18. The van der Waals surface area contributed by atoms with Crippen LogP contribution in [0.1, 0.15) is 18.4 Å². The average Bonchev–Trinajstić information content (AvgIpc) is 3.03. The summed E-state index contributed by atoms with van der Waals surface area (Å²) in [5.41, 5.74) is 6.44. The summed E-state index contributed by atoms with van der Waals surface area (Å²) >= 11 is 0. The van der Waals surface area contributed by atoms with Gasteiger partial charge in [0.2, 0.25) is 0 Å². The van der Waals surface area contributed by atoms with Crippen LogP contribution in [-0.2, 0) is 0 Å². The SMILES string of the molecule is C(=NNc1ccccc1)c1ccc(N2CCCC2)cc1. The first kappa shape index (κ1) is 12.7. The van der Waals surface area contributed by atoms with E-state index in [0.717, 1.165) is 11.3 Å². The predicted molar refractivity (Wildman–Crippen MR) is 85.5 cm³/mol. The van der Waals surface area contributed by atoms with E-state index in [1.54, 1.807) is 0 Å². The van der Waals surface area contributed by atoms with E-state index in [2.05, 4.69) is 39.7 Å². The minimum atomic E-state index is 0.998. The molecule has 1 N–H and O–H groups in total. The molecule has 0 aromatic heterocycles. The number of hydrogen-bond acceptors (Lipinski definition) is 3. The summed E-state index contributed by atoms with van der Waals surface area (Å²) in [6.45, 7) is 2.37. The Labute approximate surface area is 119 Å². The number of hydrogen-bond donors (Lipinski definition) is 1. The van der Waals surface area contributed by atoms with E-state index in [4.69, 9.17) is 0 Å². The fraction of sp³-hybridized carbons (Fsp3) is 0.235. The monoisotopic (exact) mass is 265 g/mol. The second-order valence-electron chi connectivity index (χ2n) is 5.02. The predicted octanol–water partition coefficient (Wildman–Crippen LogP) is 3.73. The smallest absolute Gasteiger partial charge is 0.0561 e. The van der Waals surface area contributed by atoms with E-state index in [9.17, 15) is 0 Å². The van der Waals surface area contributed by atoms with Gasteiger partial charge in [0.25, 0.3) is 0 Å². The Hall–Kier alpha value is -2.29. The highest BCUT2D eigenvalue weighted by Crippen LogP contribution is 2.19. The van der Waals surface area contributed by atoms with Crippen LogP contribution in [0.4, 0.5) is 11.4 Å². The molecule has 0 aliphatic carbocycles. The molecule has 102 valence electrons. The minimum absolute atomic E-state index is 0.998. The summed E-state index contributed by atoms with van der Waals surface area (Å²) in [4.78, 5) is 2.43. The number of hydrazone groups is 1. The molecule has 0 amide bonds. The molecule has 1 aliphatic rings. The van der Waals surface area contributed by atoms with Gasteiger partial charge in [0.1, 0.15) is 0 Å². The van der Waals surface area contributed by atoms with E-state index in [1.807, 2.05) is 36.5 Å². The third-order valence-corrected chi connectivity index (χ3v) is 3.55. The zero-order valence-electron chi connectivity index (χ0n) is 11.5. The van der Waals surface area contributed by atoms with Crippen molar-refractivity contribution in [2.45, 2.75) is 12.8 Å². The maximum atomic E-state index is 4.25. The molecule has 0 spiro atoms. The highest BCUT2D eigenvalue weighted by Gasteiger charge is 2.11. The Bertz CT molecular complexity index is 555. The van der Waals surface area contributed by atoms with Crippen molar-refractivity contribution in [3.8, 4) is 0 Å². The molecule has 0 unspecified atom stereocenters. The first-order valence-corrected chi connectivity index (χ1v) is 7.11. The number of nitrogens with zero attached hydrogens (tertiary/aromatic N) is 2. The molecule has 0 radical (unpaired) electrons. The standard InChI is InChI=1S/C17H19N3/c1-2-6-16(7-3-1)19-18-14-15-8-10-17(11-9-15)20-12-4-5-13-20/h1-3,6-11,14,19H,4-5,12-13H2. The van der Waals surface area contributed by atoms with Crippen LogP contribution in [0, 0.1) is 0 Å². The summed E-state index contributed by atoms with van der Waals surface area (Å²) in [6.07, 6.45) is 4.47. The van der Waals surface area contributed by atoms with Crippen LogP contribution in [-0.4, -0.2) is 19.3 Å². The van der Waals surface area contributed by atoms with Gasteiger partial charge in [0.05, 0.1) is 11.9 Å². The summed E-state index contributed by atoms with van der Waals surface area (Å²) in [6, 6.07) is 18.5. The van der Waals surface area contributed by atoms with Crippen LogP contribution < -0.4 is 10.3 Å². The van der Waals surface area contributed by atoms with Crippen molar-refractivity contribution >= 4 is 17.6 Å². The quantitative estimate of drug-likeness (QED) is 0.673. The van der Waals surface area contributed by atoms with Crippen molar-refractivity contribution in [3.63, 3.8) is 0 Å². The van der Waals surface area contributed by atoms with E-state index >= 15 is 0 Å². The number of para-hydroxylation sites is 1. The lowest BCUT2D eigenvalue weighted by molar-refractivity contribution is 0.949. The molecule has 2 aromatic rings. The molecule has 20 heavy (non-hydrogen) atoms. The molecule has 0 saturated carbocycles. The van der Waals surface area contributed by atoms with Crippen molar-refractivity contribution in [1.29, 1.82) is 0 Å². The maximum Gasteiger partial charge on any atom is 0.0561 e. The molecular formula is C17H19N3. The molecule has 0 bridgehead atoms. The van der Waals surface area contributed by atoms with Gasteiger partial charge in [0.15, 0.2) is 0 Å². The molecule has 0 atom stereocenters. The summed E-state index contributed by atoms with van der Waals surface area (Å²) in [7, 11) is 0. The summed E-state index contributed by atoms with van der Waals surface area (Å²) in [5.74, 6) is 0. The van der Waals surface area contributed by atoms with E-state index in [0.29, 0.717) is 0 Å². The van der Waals surface area contributed by atoms with Crippen molar-refractivity contribution in [3.05, 3.63) is 60.2 Å². The Morgan fingerprint density at radius 1 is 0.900 bits per heavy atom. The van der Waals surface area contributed by atoms with Gasteiger partial charge >= 0.3 is 0 Å². The number of rotatable bonds is 4. The molecule has 1 saturated heterocycles. The lowest BCUT2D eigenvalue weighted by atomic mass is 10.2. The van der Waals surface area contributed by atoms with Crippen LogP contribution in [0.15, 0.2) is 59.7 Å². The number of benzene rings is 2. The van der Waals surface area contributed by atoms with Crippen LogP contribution >= 0.6 is 0 Å². The van der Waals surface area contributed by atoms with Crippen LogP contribution in [0.25, 0.3) is 0 Å². The first-order valence-electron chi connectivity index (χ1n) is 7.11. The van der Waals surface area contributed by atoms with Gasteiger partial charge in [-0.3, -0.25) is 5.43 Å². The Balaban J connectivity index is 1.60. The second kappa shape index (κ2) is 6.24. The van der Waals surface area contributed by atoms with Crippen LogP contribution in [0.3, 0.4) is 0 Å². The molecule has 3 heteroatoms. The topological polar surface area (TPSA) is 27.6 Å².